The van der Waals surface area contributed by atoms with Gasteiger partial charge in [-0.15, -0.1) is 0 Å². The van der Waals surface area contributed by atoms with Crippen molar-refractivity contribution in [2.24, 2.45) is 7.05 Å². The highest BCUT2D eigenvalue weighted by molar-refractivity contribution is 5.93. The van der Waals surface area contributed by atoms with E-state index in [4.69, 9.17) is 9.47 Å². The second-order valence-corrected chi connectivity index (χ2v) is 6.74. The van der Waals surface area contributed by atoms with Crippen molar-refractivity contribution in [2.45, 2.75) is 13.0 Å². The maximum atomic E-state index is 13.0. The Labute approximate surface area is 158 Å². The van der Waals surface area contributed by atoms with Gasteiger partial charge < -0.3 is 24.3 Å². The standard InChI is InChI=1S/C21H23N3O3/c1-23-12-15-9-10-24(13-14-5-4-6-18(23)20(14)15)21(25)22-17-11-16(26-2)7-8-19(17)27-3/h4-8,11-12H,9-10,13H2,1-3H3,(H,22,25). The van der Waals surface area contributed by atoms with E-state index in [9.17, 15) is 4.79 Å². The molecule has 1 aliphatic heterocycles. The molecule has 2 heterocycles. The molecule has 3 aromatic rings. The van der Waals surface area contributed by atoms with E-state index in [-0.39, 0.29) is 6.03 Å². The number of hydrogen-bond donors (Lipinski definition) is 1. The van der Waals surface area contributed by atoms with Gasteiger partial charge in [-0.2, -0.15) is 0 Å². The predicted octanol–water partition coefficient (Wildman–Crippen LogP) is 3.79. The van der Waals surface area contributed by atoms with Gasteiger partial charge in [0.1, 0.15) is 11.5 Å². The number of carbonyl (C=O) groups is 1. The molecule has 1 aromatic heterocycles. The number of hydrogen-bond acceptors (Lipinski definition) is 3. The summed E-state index contributed by atoms with van der Waals surface area (Å²) in [4.78, 5) is 14.8. The number of nitrogens with one attached hydrogen (secondary N) is 1. The molecule has 0 bridgehead atoms. The van der Waals surface area contributed by atoms with Gasteiger partial charge in [-0.05, 0) is 35.7 Å². The van der Waals surface area contributed by atoms with Crippen molar-refractivity contribution in [3.05, 3.63) is 53.7 Å². The molecule has 1 aliphatic rings. The first-order valence-corrected chi connectivity index (χ1v) is 8.94. The molecule has 140 valence electrons. The van der Waals surface area contributed by atoms with Crippen molar-refractivity contribution in [1.29, 1.82) is 0 Å². The number of methoxy groups -OCH3 is 2. The maximum Gasteiger partial charge on any atom is 0.322 e. The van der Waals surface area contributed by atoms with Crippen LogP contribution in [0.1, 0.15) is 11.1 Å². The lowest BCUT2D eigenvalue weighted by Gasteiger charge is -2.22. The van der Waals surface area contributed by atoms with Gasteiger partial charge in [0.05, 0.1) is 19.9 Å². The maximum absolute atomic E-state index is 13.0. The monoisotopic (exact) mass is 365 g/mol. The number of benzene rings is 2. The minimum absolute atomic E-state index is 0.145. The normalized spacial score (nSPS) is 13.4. The molecule has 0 atom stereocenters. The number of aromatic nitrogens is 1. The fraction of sp³-hybridized carbons (Fsp3) is 0.286. The lowest BCUT2D eigenvalue weighted by molar-refractivity contribution is 0.210. The molecule has 6 nitrogen and oxygen atoms in total. The lowest BCUT2D eigenvalue weighted by atomic mass is 10.1. The largest absolute Gasteiger partial charge is 0.497 e. The first-order chi connectivity index (χ1) is 13.1. The van der Waals surface area contributed by atoms with Crippen LogP contribution in [0.4, 0.5) is 10.5 Å². The first-order valence-electron chi connectivity index (χ1n) is 8.94. The molecule has 0 aliphatic carbocycles. The van der Waals surface area contributed by atoms with E-state index >= 15 is 0 Å². The number of anilines is 1. The minimum atomic E-state index is -0.145. The molecule has 6 heteroatoms. The second kappa shape index (κ2) is 6.87. The Balaban J connectivity index is 1.60. The van der Waals surface area contributed by atoms with E-state index in [1.54, 1.807) is 32.4 Å². The van der Waals surface area contributed by atoms with Crippen molar-refractivity contribution in [1.82, 2.24) is 9.47 Å². The summed E-state index contributed by atoms with van der Waals surface area (Å²) in [5, 5.41) is 4.25. The molecule has 0 spiro atoms. The Kier molecular flexibility index (Phi) is 4.39. The van der Waals surface area contributed by atoms with Gasteiger partial charge in [-0.1, -0.05) is 12.1 Å². The van der Waals surface area contributed by atoms with Gasteiger partial charge in [0.2, 0.25) is 0 Å². The smallest absolute Gasteiger partial charge is 0.322 e. The summed E-state index contributed by atoms with van der Waals surface area (Å²) in [6.07, 6.45) is 3.00. The van der Waals surface area contributed by atoms with Gasteiger partial charge >= 0.3 is 6.03 Å². The second-order valence-electron chi connectivity index (χ2n) is 6.74. The number of ether oxygens (including phenoxy) is 2. The molecule has 0 saturated carbocycles. The van der Waals surface area contributed by atoms with E-state index in [1.165, 1.54) is 22.0 Å². The Bertz CT molecular complexity index is 1010. The zero-order chi connectivity index (χ0) is 19.0. The van der Waals surface area contributed by atoms with Crippen LogP contribution in [0.2, 0.25) is 0 Å². The third-order valence-corrected chi connectivity index (χ3v) is 5.13. The SMILES string of the molecule is COc1ccc(OC)c(NC(=O)N2CCc3cn(C)c4cccc(c34)C2)c1. The summed E-state index contributed by atoms with van der Waals surface area (Å²) in [7, 11) is 5.25. The van der Waals surface area contributed by atoms with Crippen LogP contribution in [0.5, 0.6) is 11.5 Å². The molecule has 1 N–H and O–H groups in total. The van der Waals surface area contributed by atoms with Crippen LogP contribution in [0.25, 0.3) is 10.9 Å². The Morgan fingerprint density at radius 2 is 1.96 bits per heavy atom. The fourth-order valence-electron chi connectivity index (χ4n) is 3.76. The molecule has 27 heavy (non-hydrogen) atoms. The molecule has 0 radical (unpaired) electrons. The zero-order valence-corrected chi connectivity index (χ0v) is 15.8. The van der Waals surface area contributed by atoms with Crippen LogP contribution in [0.3, 0.4) is 0 Å². The minimum Gasteiger partial charge on any atom is -0.497 e. The van der Waals surface area contributed by atoms with Crippen LogP contribution < -0.4 is 14.8 Å². The van der Waals surface area contributed by atoms with Crippen molar-refractivity contribution in [2.75, 3.05) is 26.1 Å². The van der Waals surface area contributed by atoms with Crippen LogP contribution in [-0.4, -0.2) is 36.3 Å². The number of rotatable bonds is 3. The number of amides is 2. The number of nitrogens with zero attached hydrogens (tertiary/aromatic N) is 2. The third-order valence-electron chi connectivity index (χ3n) is 5.13. The highest BCUT2D eigenvalue weighted by Crippen LogP contribution is 2.31. The topological polar surface area (TPSA) is 55.7 Å². The number of carbonyl (C=O) groups excluding carboxylic acids is 1. The average Bonchev–Trinajstić information content (AvgIpc) is 2.89. The summed E-state index contributed by atoms with van der Waals surface area (Å²) < 4.78 is 12.8. The van der Waals surface area contributed by atoms with Gasteiger partial charge in [0, 0.05) is 43.3 Å². The molecule has 0 unspecified atom stereocenters. The van der Waals surface area contributed by atoms with Crippen LogP contribution in [0, 0.1) is 0 Å². The van der Waals surface area contributed by atoms with Crippen molar-refractivity contribution < 1.29 is 14.3 Å². The molecule has 0 saturated heterocycles. The van der Waals surface area contributed by atoms with E-state index in [0.29, 0.717) is 30.3 Å². The average molecular weight is 365 g/mol. The fourth-order valence-corrected chi connectivity index (χ4v) is 3.76. The van der Waals surface area contributed by atoms with Gasteiger partial charge in [0.15, 0.2) is 0 Å². The zero-order valence-electron chi connectivity index (χ0n) is 15.8. The summed E-state index contributed by atoms with van der Waals surface area (Å²) in [5.74, 6) is 1.27. The highest BCUT2D eigenvalue weighted by atomic mass is 16.5. The van der Waals surface area contributed by atoms with E-state index in [2.05, 4.69) is 35.3 Å². The Morgan fingerprint density at radius 3 is 2.74 bits per heavy atom. The Hall–Kier alpha value is -3.15. The van der Waals surface area contributed by atoms with Crippen molar-refractivity contribution >= 4 is 22.6 Å². The van der Waals surface area contributed by atoms with Crippen molar-refractivity contribution in [3.63, 3.8) is 0 Å². The lowest BCUT2D eigenvalue weighted by Crippen LogP contribution is -2.35. The van der Waals surface area contributed by atoms with E-state index < -0.39 is 0 Å². The van der Waals surface area contributed by atoms with Gasteiger partial charge in [-0.25, -0.2) is 4.79 Å². The molecular weight excluding hydrogens is 342 g/mol. The summed E-state index contributed by atoms with van der Waals surface area (Å²) in [6, 6.07) is 11.5. The van der Waals surface area contributed by atoms with E-state index in [0.717, 1.165) is 6.42 Å². The van der Waals surface area contributed by atoms with Crippen LogP contribution >= 0.6 is 0 Å². The Morgan fingerprint density at radius 1 is 1.11 bits per heavy atom. The summed E-state index contributed by atoms with van der Waals surface area (Å²) in [6.45, 7) is 1.23. The predicted molar refractivity (Wildman–Crippen MR) is 106 cm³/mol. The summed E-state index contributed by atoms with van der Waals surface area (Å²) in [5.41, 5.74) is 4.27. The van der Waals surface area contributed by atoms with Crippen LogP contribution in [-0.2, 0) is 20.0 Å². The molecule has 2 amide bonds. The highest BCUT2D eigenvalue weighted by Gasteiger charge is 2.22. The summed E-state index contributed by atoms with van der Waals surface area (Å²) >= 11 is 0. The molecule has 4 rings (SSSR count). The number of urea groups is 1. The molecule has 0 fully saturated rings. The van der Waals surface area contributed by atoms with Gasteiger partial charge in [0.25, 0.3) is 0 Å². The quantitative estimate of drug-likeness (QED) is 0.768. The van der Waals surface area contributed by atoms with E-state index in [1.807, 2.05) is 11.0 Å². The molecule has 2 aromatic carbocycles. The van der Waals surface area contributed by atoms with Gasteiger partial charge in [-0.3, -0.25) is 0 Å². The first kappa shape index (κ1) is 17.3. The molecular formula is C21H23N3O3. The van der Waals surface area contributed by atoms with Crippen LogP contribution in [0.15, 0.2) is 42.6 Å². The van der Waals surface area contributed by atoms with Crippen molar-refractivity contribution in [3.8, 4) is 11.5 Å². The number of aryl methyl sites for hydroxylation is 1. The third kappa shape index (κ3) is 3.07.